The topological polar surface area (TPSA) is 3.24 Å². The minimum absolute atomic E-state index is 0.0975. The van der Waals surface area contributed by atoms with E-state index in [4.69, 9.17) is 0 Å². The molecule has 1 nitrogen and oxygen atoms in total. The molecule has 3 aliphatic rings. The van der Waals surface area contributed by atoms with Crippen LogP contribution in [0.5, 0.6) is 0 Å². The quantitative estimate of drug-likeness (QED) is 0.170. The van der Waals surface area contributed by atoms with Crippen molar-refractivity contribution in [3.05, 3.63) is 209 Å². The summed E-state index contributed by atoms with van der Waals surface area (Å²) in [5.41, 5.74) is 24.3. The number of para-hydroxylation sites is 2. The maximum atomic E-state index is 2.58. The minimum Gasteiger partial charge on any atom is -0.309 e. The summed E-state index contributed by atoms with van der Waals surface area (Å²) in [6, 6.07) is 66.2. The Bertz CT molecular complexity index is 2990. The summed E-state index contributed by atoms with van der Waals surface area (Å²) in [6.45, 7) is 14.3. The van der Waals surface area contributed by atoms with Crippen LogP contribution in [0.4, 0.5) is 17.1 Å². The molecular weight excluding hydrogens is 699 g/mol. The Morgan fingerprint density at radius 3 is 1.33 bits per heavy atom. The standard InChI is InChI=1S/C57H47N/c1-55(2)45-26-13-8-22-42(45)53-41(24-17-28-47(53)55)40-21-11-16-31-51(40)58(52-32-18-29-48-54(52)43-23-9-14-27-46(43)56(48,3)4)50-30-15-10-19-37(50)36-33-34-39-38-20-7-12-25-44(38)57(5,6)49(39)35-36/h7-35H,1-6H3. The molecule has 58 heavy (non-hydrogen) atoms. The van der Waals surface area contributed by atoms with Crippen LogP contribution in [0, 0.1) is 0 Å². The maximum absolute atomic E-state index is 2.58. The van der Waals surface area contributed by atoms with Crippen LogP contribution in [0.3, 0.4) is 0 Å². The fourth-order valence-electron chi connectivity index (χ4n) is 11.0. The van der Waals surface area contributed by atoms with Gasteiger partial charge in [0, 0.05) is 32.9 Å². The normalized spacial score (nSPS) is 15.5. The van der Waals surface area contributed by atoms with Crippen molar-refractivity contribution in [2.24, 2.45) is 0 Å². The van der Waals surface area contributed by atoms with Gasteiger partial charge < -0.3 is 4.90 Å². The van der Waals surface area contributed by atoms with Crippen LogP contribution in [0.25, 0.3) is 55.6 Å². The van der Waals surface area contributed by atoms with Crippen molar-refractivity contribution in [1.82, 2.24) is 0 Å². The fourth-order valence-corrected chi connectivity index (χ4v) is 11.0. The zero-order valence-electron chi connectivity index (χ0n) is 34.2. The summed E-state index contributed by atoms with van der Waals surface area (Å²) in [5, 5.41) is 0. The molecule has 8 aromatic rings. The van der Waals surface area contributed by atoms with E-state index < -0.39 is 0 Å². The van der Waals surface area contributed by atoms with Gasteiger partial charge in [-0.05, 0) is 96.6 Å². The lowest BCUT2D eigenvalue weighted by molar-refractivity contribution is 0.660. The van der Waals surface area contributed by atoms with E-state index in [-0.39, 0.29) is 16.2 Å². The Morgan fingerprint density at radius 1 is 0.276 bits per heavy atom. The average molecular weight is 746 g/mol. The molecule has 0 bridgehead atoms. The van der Waals surface area contributed by atoms with Gasteiger partial charge in [0.2, 0.25) is 0 Å². The van der Waals surface area contributed by atoms with Gasteiger partial charge in [0.15, 0.2) is 0 Å². The summed E-state index contributed by atoms with van der Waals surface area (Å²) in [6.07, 6.45) is 0. The molecular formula is C57H47N. The highest BCUT2D eigenvalue weighted by atomic mass is 15.2. The fraction of sp³-hybridized carbons (Fsp3) is 0.158. The van der Waals surface area contributed by atoms with Gasteiger partial charge in [0.05, 0.1) is 17.1 Å². The first-order chi connectivity index (χ1) is 28.1. The molecule has 0 N–H and O–H groups in total. The predicted molar refractivity (Wildman–Crippen MR) is 245 cm³/mol. The van der Waals surface area contributed by atoms with Crippen LogP contribution < -0.4 is 4.90 Å². The van der Waals surface area contributed by atoms with Crippen LogP contribution in [0.2, 0.25) is 0 Å². The van der Waals surface area contributed by atoms with E-state index in [9.17, 15) is 0 Å². The number of hydrogen-bond acceptors (Lipinski definition) is 1. The van der Waals surface area contributed by atoms with E-state index in [0.29, 0.717) is 0 Å². The largest absolute Gasteiger partial charge is 0.309 e. The predicted octanol–water partition coefficient (Wildman–Crippen LogP) is 15.4. The third-order valence-corrected chi connectivity index (χ3v) is 13.9. The van der Waals surface area contributed by atoms with Crippen molar-refractivity contribution >= 4 is 17.1 Å². The van der Waals surface area contributed by atoms with Crippen LogP contribution in [-0.2, 0) is 16.2 Å². The lowest BCUT2D eigenvalue weighted by atomic mass is 9.81. The van der Waals surface area contributed by atoms with Gasteiger partial charge in [0.1, 0.15) is 0 Å². The number of rotatable bonds is 5. The van der Waals surface area contributed by atoms with E-state index in [1.54, 1.807) is 0 Å². The zero-order chi connectivity index (χ0) is 39.6. The summed E-state index contributed by atoms with van der Waals surface area (Å²) >= 11 is 0. The molecule has 0 heterocycles. The Labute approximate surface area is 343 Å². The summed E-state index contributed by atoms with van der Waals surface area (Å²) in [5.74, 6) is 0. The molecule has 0 aromatic heterocycles. The van der Waals surface area contributed by atoms with Crippen LogP contribution in [0.1, 0.15) is 74.9 Å². The van der Waals surface area contributed by atoms with Gasteiger partial charge in [0.25, 0.3) is 0 Å². The van der Waals surface area contributed by atoms with Gasteiger partial charge in [-0.3, -0.25) is 0 Å². The molecule has 0 unspecified atom stereocenters. The maximum Gasteiger partial charge on any atom is 0.0543 e. The van der Waals surface area contributed by atoms with E-state index in [2.05, 4.69) is 222 Å². The zero-order valence-corrected chi connectivity index (χ0v) is 34.2. The number of benzene rings is 8. The Kier molecular flexibility index (Phi) is 7.36. The second-order valence-electron chi connectivity index (χ2n) is 18.1. The third-order valence-electron chi connectivity index (χ3n) is 13.9. The molecule has 8 aromatic carbocycles. The monoisotopic (exact) mass is 745 g/mol. The lowest BCUT2D eigenvalue weighted by Gasteiger charge is -2.32. The molecule has 280 valence electrons. The lowest BCUT2D eigenvalue weighted by Crippen LogP contribution is -2.17. The Hall–Kier alpha value is -6.44. The van der Waals surface area contributed by atoms with E-state index >= 15 is 0 Å². The number of hydrogen-bond donors (Lipinski definition) is 0. The molecule has 0 radical (unpaired) electrons. The molecule has 0 aliphatic heterocycles. The smallest absolute Gasteiger partial charge is 0.0543 e. The molecule has 0 saturated carbocycles. The van der Waals surface area contributed by atoms with Crippen molar-refractivity contribution in [1.29, 1.82) is 0 Å². The minimum atomic E-state index is -0.136. The average Bonchev–Trinajstić information content (AvgIpc) is 3.74. The highest BCUT2D eigenvalue weighted by Crippen LogP contribution is 2.58. The summed E-state index contributed by atoms with van der Waals surface area (Å²) in [7, 11) is 0. The molecule has 0 saturated heterocycles. The second kappa shape index (κ2) is 12.3. The first-order valence-electron chi connectivity index (χ1n) is 20.8. The molecule has 1 heteroatoms. The van der Waals surface area contributed by atoms with Crippen LogP contribution >= 0.6 is 0 Å². The highest BCUT2D eigenvalue weighted by molar-refractivity contribution is 6.03. The summed E-state index contributed by atoms with van der Waals surface area (Å²) < 4.78 is 0. The van der Waals surface area contributed by atoms with Gasteiger partial charge in [-0.1, -0.05) is 193 Å². The third kappa shape index (κ3) is 4.71. The number of anilines is 3. The van der Waals surface area contributed by atoms with Crippen LogP contribution in [-0.4, -0.2) is 0 Å². The van der Waals surface area contributed by atoms with Crippen molar-refractivity contribution in [2.75, 3.05) is 4.90 Å². The number of nitrogens with zero attached hydrogens (tertiary/aromatic N) is 1. The van der Waals surface area contributed by atoms with Gasteiger partial charge in [-0.2, -0.15) is 0 Å². The van der Waals surface area contributed by atoms with Gasteiger partial charge >= 0.3 is 0 Å². The highest BCUT2D eigenvalue weighted by Gasteiger charge is 2.40. The first kappa shape index (κ1) is 34.8. The summed E-state index contributed by atoms with van der Waals surface area (Å²) in [4.78, 5) is 2.58. The van der Waals surface area contributed by atoms with E-state index in [1.807, 2.05) is 0 Å². The molecule has 0 fully saturated rings. The van der Waals surface area contributed by atoms with E-state index in [1.165, 1.54) is 94.7 Å². The van der Waals surface area contributed by atoms with Crippen LogP contribution in [0.15, 0.2) is 176 Å². The van der Waals surface area contributed by atoms with Crippen molar-refractivity contribution in [3.63, 3.8) is 0 Å². The molecule has 0 amide bonds. The SMILES string of the molecule is CC1(C)c2ccccc2-c2ccc(-c3ccccc3N(c3ccccc3-c3cccc4c3-c3ccccc3C4(C)C)c3cccc4c3-c3ccccc3C4(C)C)cc21. The molecule has 0 atom stereocenters. The molecule has 11 rings (SSSR count). The Morgan fingerprint density at radius 2 is 0.672 bits per heavy atom. The molecule has 3 aliphatic carbocycles. The Balaban J connectivity index is 1.20. The molecule has 0 spiro atoms. The van der Waals surface area contributed by atoms with E-state index in [0.717, 1.165) is 11.4 Å². The first-order valence-corrected chi connectivity index (χ1v) is 20.8. The van der Waals surface area contributed by atoms with Gasteiger partial charge in [-0.15, -0.1) is 0 Å². The van der Waals surface area contributed by atoms with Crippen molar-refractivity contribution in [2.45, 2.75) is 57.8 Å². The van der Waals surface area contributed by atoms with Crippen molar-refractivity contribution in [3.8, 4) is 55.6 Å². The second-order valence-corrected chi connectivity index (χ2v) is 18.1. The number of fused-ring (bicyclic) bond motifs is 9. The van der Waals surface area contributed by atoms with Gasteiger partial charge in [-0.25, -0.2) is 0 Å². The van der Waals surface area contributed by atoms with Crippen molar-refractivity contribution < 1.29 is 0 Å².